The molecular weight excluding hydrogens is 622 g/mol. The lowest BCUT2D eigenvalue weighted by atomic mass is 9.98. The van der Waals surface area contributed by atoms with Crippen LogP contribution in [0.3, 0.4) is 0 Å². The molecule has 0 spiro atoms. The van der Waals surface area contributed by atoms with Crippen LogP contribution in [-0.4, -0.2) is 93.5 Å². The van der Waals surface area contributed by atoms with Crippen LogP contribution in [0, 0.1) is 11.8 Å². The Labute approximate surface area is 279 Å². The van der Waals surface area contributed by atoms with Gasteiger partial charge in [-0.2, -0.15) is 0 Å². The molecular formula is C33H43N7O8. The molecule has 1 aliphatic rings. The van der Waals surface area contributed by atoms with Gasteiger partial charge in [0, 0.05) is 30.1 Å². The fourth-order valence-corrected chi connectivity index (χ4v) is 5.10. The van der Waals surface area contributed by atoms with Gasteiger partial charge in [0.25, 0.3) is 5.91 Å². The highest BCUT2D eigenvalue weighted by Crippen LogP contribution is 2.24. The van der Waals surface area contributed by atoms with E-state index in [2.05, 4.69) is 31.2 Å². The highest BCUT2D eigenvalue weighted by atomic mass is 16.6. The first kappa shape index (κ1) is 37.2. The molecule has 2 heterocycles. The second kappa shape index (κ2) is 17.1. The highest BCUT2D eigenvalue weighted by molar-refractivity contribution is 5.98. The largest absolute Gasteiger partial charge is 0.444 e. The third-order valence-electron chi connectivity index (χ3n) is 7.83. The zero-order chi connectivity index (χ0) is 35.5. The van der Waals surface area contributed by atoms with Gasteiger partial charge in [0.05, 0.1) is 18.8 Å². The summed E-state index contributed by atoms with van der Waals surface area (Å²) >= 11 is 0. The number of ketones is 1. The lowest BCUT2D eigenvalue weighted by Crippen LogP contribution is -2.59. The molecule has 0 bridgehead atoms. The van der Waals surface area contributed by atoms with E-state index in [1.54, 1.807) is 52.8 Å². The van der Waals surface area contributed by atoms with Crippen LogP contribution in [0.15, 0.2) is 42.9 Å². The molecule has 15 heteroatoms. The molecule has 0 saturated carbocycles. The van der Waals surface area contributed by atoms with Crippen molar-refractivity contribution in [2.45, 2.75) is 84.7 Å². The summed E-state index contributed by atoms with van der Waals surface area (Å²) in [5.41, 5.74) is 0.719. The second-order valence-electron chi connectivity index (χ2n) is 12.2. The van der Waals surface area contributed by atoms with Crippen LogP contribution >= 0.6 is 0 Å². The SMILES string of the molecule is CC[C@@H](C=O)NC(=O)[C@@H]1C[C@@H](OC(=O)Nc2cccc(C(C)=O)c2)CN1C(=O)[C@@H](NC(=O)[C@@H](NC(=O)c1cnccn1)C(C)C)C(C)C. The van der Waals surface area contributed by atoms with Crippen LogP contribution in [0.4, 0.5) is 10.5 Å². The molecule has 5 amide bonds. The average Bonchev–Trinajstić information content (AvgIpc) is 3.48. The number of amides is 5. The van der Waals surface area contributed by atoms with Crippen molar-refractivity contribution in [1.29, 1.82) is 0 Å². The molecule has 15 nitrogen and oxygen atoms in total. The zero-order valence-corrected chi connectivity index (χ0v) is 27.9. The van der Waals surface area contributed by atoms with Crippen LogP contribution in [0.2, 0.25) is 0 Å². The first-order valence-electron chi connectivity index (χ1n) is 15.8. The quantitative estimate of drug-likeness (QED) is 0.170. The number of hydrogen-bond acceptors (Lipinski definition) is 10. The van der Waals surface area contributed by atoms with E-state index in [1.807, 2.05) is 0 Å². The van der Waals surface area contributed by atoms with Crippen LogP contribution in [-0.2, 0) is 23.9 Å². The average molecular weight is 666 g/mol. The van der Waals surface area contributed by atoms with Crippen LogP contribution < -0.4 is 21.3 Å². The van der Waals surface area contributed by atoms with Crippen molar-refractivity contribution in [3.8, 4) is 0 Å². The molecule has 3 rings (SSSR count). The molecule has 0 radical (unpaired) electrons. The van der Waals surface area contributed by atoms with Crippen molar-refractivity contribution in [3.63, 3.8) is 0 Å². The predicted molar refractivity (Wildman–Crippen MR) is 174 cm³/mol. The Morgan fingerprint density at radius 1 is 1.00 bits per heavy atom. The van der Waals surface area contributed by atoms with Crippen LogP contribution in [0.25, 0.3) is 0 Å². The Morgan fingerprint density at radius 3 is 2.29 bits per heavy atom. The number of nitrogens with zero attached hydrogens (tertiary/aromatic N) is 3. The van der Waals surface area contributed by atoms with Crippen molar-refractivity contribution < 1.29 is 38.3 Å². The van der Waals surface area contributed by atoms with Gasteiger partial charge in [-0.25, -0.2) is 9.78 Å². The number of ether oxygens (including phenoxy) is 1. The summed E-state index contributed by atoms with van der Waals surface area (Å²) in [6.07, 6.45) is 3.07. The lowest BCUT2D eigenvalue weighted by Gasteiger charge is -2.32. The summed E-state index contributed by atoms with van der Waals surface area (Å²) in [6.45, 7) is 9.83. The number of aromatic nitrogens is 2. The minimum Gasteiger partial charge on any atom is -0.444 e. The fraction of sp³-hybridized carbons (Fsp3) is 0.485. The number of nitrogens with one attached hydrogen (secondary N) is 4. The normalized spacial score (nSPS) is 17.5. The number of rotatable bonds is 14. The number of aldehydes is 1. The Hall–Kier alpha value is -5.21. The Bertz CT molecular complexity index is 1500. The predicted octanol–water partition coefficient (Wildman–Crippen LogP) is 1.89. The number of carbonyl (C=O) groups is 7. The van der Waals surface area contributed by atoms with Crippen LogP contribution in [0.5, 0.6) is 0 Å². The smallest absolute Gasteiger partial charge is 0.411 e. The minimum absolute atomic E-state index is 0.0145. The molecule has 2 aromatic rings. The van der Waals surface area contributed by atoms with E-state index < -0.39 is 65.9 Å². The van der Waals surface area contributed by atoms with Gasteiger partial charge in [-0.15, -0.1) is 0 Å². The monoisotopic (exact) mass is 665 g/mol. The molecule has 1 aromatic carbocycles. The van der Waals surface area contributed by atoms with Gasteiger partial charge in [-0.05, 0) is 37.3 Å². The molecule has 0 aliphatic carbocycles. The van der Waals surface area contributed by atoms with E-state index in [-0.39, 0.29) is 30.4 Å². The van der Waals surface area contributed by atoms with Gasteiger partial charge in [0.15, 0.2) is 5.78 Å². The summed E-state index contributed by atoms with van der Waals surface area (Å²) in [5.74, 6) is -3.49. The van der Waals surface area contributed by atoms with Crippen molar-refractivity contribution in [2.75, 3.05) is 11.9 Å². The first-order chi connectivity index (χ1) is 22.7. The third-order valence-corrected chi connectivity index (χ3v) is 7.83. The molecule has 4 N–H and O–H groups in total. The van der Waals surface area contributed by atoms with Gasteiger partial charge in [0.1, 0.15) is 36.2 Å². The van der Waals surface area contributed by atoms with E-state index in [9.17, 15) is 33.6 Å². The van der Waals surface area contributed by atoms with Crippen LogP contribution in [0.1, 0.15) is 75.2 Å². The molecule has 0 unspecified atom stereocenters. The van der Waals surface area contributed by atoms with Crippen molar-refractivity contribution in [3.05, 3.63) is 54.1 Å². The maximum absolute atomic E-state index is 14.1. The molecule has 1 saturated heterocycles. The van der Waals surface area contributed by atoms with E-state index in [0.717, 1.165) is 0 Å². The zero-order valence-electron chi connectivity index (χ0n) is 27.9. The molecule has 5 atom stereocenters. The summed E-state index contributed by atoms with van der Waals surface area (Å²) in [6, 6.07) is 2.19. The molecule has 258 valence electrons. The number of hydrogen-bond donors (Lipinski definition) is 4. The number of Topliss-reactive ketones (excluding diaryl/α,β-unsaturated/α-hetero) is 1. The third kappa shape index (κ3) is 9.89. The number of likely N-dealkylation sites (tertiary alicyclic amines) is 1. The van der Waals surface area contributed by atoms with Gasteiger partial charge >= 0.3 is 6.09 Å². The second-order valence-corrected chi connectivity index (χ2v) is 12.2. The minimum atomic E-state index is -1.13. The van der Waals surface area contributed by atoms with E-state index in [1.165, 1.54) is 36.5 Å². The topological polar surface area (TPSA) is 206 Å². The molecule has 48 heavy (non-hydrogen) atoms. The highest BCUT2D eigenvalue weighted by Gasteiger charge is 2.45. The molecule has 1 fully saturated rings. The standard InChI is InChI=1S/C33H43N7O8/c1-7-22(17-41)36-30(44)26-14-24(48-33(47)37-23-10-8-9-21(13-23)20(6)42)16-40(26)32(46)28(19(4)5)39-31(45)27(18(2)3)38-29(43)25-15-34-11-12-35-25/h8-13,15,17-19,22,24,26-28H,7,14,16H2,1-6H3,(H,36,44)(H,37,47)(H,38,43)(H,39,45)/t22-,24+,26-,27-,28-/m0/s1. The maximum Gasteiger partial charge on any atom is 0.411 e. The lowest BCUT2D eigenvalue weighted by molar-refractivity contribution is -0.143. The Morgan fingerprint density at radius 2 is 1.71 bits per heavy atom. The van der Waals surface area contributed by atoms with Gasteiger partial charge in [-0.1, -0.05) is 46.8 Å². The van der Waals surface area contributed by atoms with Crippen molar-refractivity contribution >= 4 is 47.5 Å². The van der Waals surface area contributed by atoms with Gasteiger partial charge in [-0.3, -0.25) is 34.3 Å². The van der Waals surface area contributed by atoms with E-state index in [0.29, 0.717) is 24.0 Å². The first-order valence-corrected chi connectivity index (χ1v) is 15.8. The summed E-state index contributed by atoms with van der Waals surface area (Å²) < 4.78 is 5.59. The van der Waals surface area contributed by atoms with E-state index in [4.69, 9.17) is 4.74 Å². The van der Waals surface area contributed by atoms with Gasteiger partial charge in [0.2, 0.25) is 17.7 Å². The number of anilines is 1. The Balaban J connectivity index is 1.81. The van der Waals surface area contributed by atoms with Gasteiger partial charge < -0.3 is 30.4 Å². The van der Waals surface area contributed by atoms with Crippen molar-refractivity contribution in [1.82, 2.24) is 30.8 Å². The summed E-state index contributed by atoms with van der Waals surface area (Å²) in [7, 11) is 0. The summed E-state index contributed by atoms with van der Waals surface area (Å²) in [5, 5.41) is 10.6. The number of carbonyl (C=O) groups excluding carboxylic acids is 7. The molecule has 1 aliphatic heterocycles. The fourth-order valence-electron chi connectivity index (χ4n) is 5.10. The maximum atomic E-state index is 14.1. The molecule has 1 aromatic heterocycles. The van der Waals surface area contributed by atoms with Crippen molar-refractivity contribution in [2.24, 2.45) is 11.8 Å². The Kier molecular flexibility index (Phi) is 13.3. The van der Waals surface area contributed by atoms with E-state index >= 15 is 0 Å². The number of benzene rings is 1. The summed E-state index contributed by atoms with van der Waals surface area (Å²) in [4.78, 5) is 98.9.